The second kappa shape index (κ2) is 3.05. The highest BCUT2D eigenvalue weighted by atomic mass is 16.3. The van der Waals surface area contributed by atoms with Crippen molar-refractivity contribution in [2.75, 3.05) is 0 Å². The van der Waals surface area contributed by atoms with Crippen LogP contribution in [0, 0.1) is 6.92 Å². The van der Waals surface area contributed by atoms with Crippen molar-refractivity contribution in [2.45, 2.75) is 13.3 Å². The Balaban J connectivity index is 2.72. The van der Waals surface area contributed by atoms with Crippen LogP contribution in [0.25, 0.3) is 11.0 Å². The molecule has 0 radical (unpaired) electrons. The van der Waals surface area contributed by atoms with Crippen molar-refractivity contribution in [3.63, 3.8) is 0 Å². The Labute approximate surface area is 76.2 Å². The molecular formula is C11H10O2. The summed E-state index contributed by atoms with van der Waals surface area (Å²) < 4.78 is 5.32. The van der Waals surface area contributed by atoms with Crippen molar-refractivity contribution in [1.82, 2.24) is 0 Å². The van der Waals surface area contributed by atoms with Gasteiger partial charge in [-0.05, 0) is 24.1 Å². The van der Waals surface area contributed by atoms with Crippen LogP contribution in [0.1, 0.15) is 11.1 Å². The predicted molar refractivity (Wildman–Crippen MR) is 50.7 cm³/mol. The summed E-state index contributed by atoms with van der Waals surface area (Å²) in [5.74, 6) is 0. The summed E-state index contributed by atoms with van der Waals surface area (Å²) >= 11 is 0. The zero-order valence-corrected chi connectivity index (χ0v) is 7.41. The van der Waals surface area contributed by atoms with Crippen LogP contribution in [-0.2, 0) is 11.2 Å². The second-order valence-corrected chi connectivity index (χ2v) is 3.08. The molecule has 13 heavy (non-hydrogen) atoms. The van der Waals surface area contributed by atoms with Gasteiger partial charge in [0, 0.05) is 11.8 Å². The third kappa shape index (κ3) is 1.24. The predicted octanol–water partition coefficient (Wildman–Crippen LogP) is 2.48. The highest BCUT2D eigenvalue weighted by molar-refractivity contribution is 5.86. The zero-order valence-electron chi connectivity index (χ0n) is 7.41. The van der Waals surface area contributed by atoms with E-state index in [9.17, 15) is 4.79 Å². The third-order valence-electron chi connectivity index (χ3n) is 2.17. The van der Waals surface area contributed by atoms with Gasteiger partial charge in [-0.3, -0.25) is 0 Å². The van der Waals surface area contributed by atoms with Gasteiger partial charge in [-0.1, -0.05) is 12.1 Å². The SMILES string of the molecule is Cc1coc2cccc(CC=O)c12. The van der Waals surface area contributed by atoms with E-state index in [-0.39, 0.29) is 0 Å². The molecular weight excluding hydrogens is 164 g/mol. The van der Waals surface area contributed by atoms with E-state index in [4.69, 9.17) is 4.42 Å². The van der Waals surface area contributed by atoms with Crippen LogP contribution in [0.15, 0.2) is 28.9 Å². The largest absolute Gasteiger partial charge is 0.464 e. The maximum Gasteiger partial charge on any atom is 0.134 e. The van der Waals surface area contributed by atoms with Gasteiger partial charge in [-0.25, -0.2) is 0 Å². The standard InChI is InChI=1S/C11H10O2/c1-8-7-13-10-4-2-3-9(5-6-12)11(8)10/h2-4,6-7H,5H2,1H3. The summed E-state index contributed by atoms with van der Waals surface area (Å²) in [6.45, 7) is 1.99. The van der Waals surface area contributed by atoms with Crippen LogP contribution in [-0.4, -0.2) is 6.29 Å². The molecule has 66 valence electrons. The summed E-state index contributed by atoms with van der Waals surface area (Å²) in [5.41, 5.74) is 2.99. The minimum Gasteiger partial charge on any atom is -0.464 e. The van der Waals surface area contributed by atoms with Crippen molar-refractivity contribution in [1.29, 1.82) is 0 Å². The normalized spacial score (nSPS) is 10.5. The first-order chi connectivity index (χ1) is 6.33. The highest BCUT2D eigenvalue weighted by Crippen LogP contribution is 2.24. The monoisotopic (exact) mass is 174 g/mol. The van der Waals surface area contributed by atoms with E-state index in [0.717, 1.165) is 28.4 Å². The topological polar surface area (TPSA) is 30.2 Å². The molecule has 0 saturated heterocycles. The number of hydrogen-bond donors (Lipinski definition) is 0. The summed E-state index contributed by atoms with van der Waals surface area (Å²) in [7, 11) is 0. The number of furan rings is 1. The van der Waals surface area contributed by atoms with Crippen molar-refractivity contribution in [3.05, 3.63) is 35.6 Å². The molecule has 0 spiro atoms. The number of aldehydes is 1. The first-order valence-corrected chi connectivity index (χ1v) is 4.22. The lowest BCUT2D eigenvalue weighted by Gasteiger charge is -1.97. The average molecular weight is 174 g/mol. The van der Waals surface area contributed by atoms with Gasteiger partial charge >= 0.3 is 0 Å². The van der Waals surface area contributed by atoms with Crippen molar-refractivity contribution < 1.29 is 9.21 Å². The highest BCUT2D eigenvalue weighted by Gasteiger charge is 2.05. The molecule has 0 amide bonds. The van der Waals surface area contributed by atoms with E-state index < -0.39 is 0 Å². The van der Waals surface area contributed by atoms with Crippen LogP contribution in [0.3, 0.4) is 0 Å². The summed E-state index contributed by atoms with van der Waals surface area (Å²) in [6, 6.07) is 5.78. The van der Waals surface area contributed by atoms with Gasteiger partial charge in [-0.2, -0.15) is 0 Å². The maximum absolute atomic E-state index is 10.4. The van der Waals surface area contributed by atoms with Gasteiger partial charge in [0.15, 0.2) is 0 Å². The van der Waals surface area contributed by atoms with E-state index in [0.29, 0.717) is 6.42 Å². The van der Waals surface area contributed by atoms with E-state index in [1.807, 2.05) is 25.1 Å². The molecule has 1 aromatic heterocycles. The molecule has 0 aliphatic carbocycles. The fourth-order valence-electron chi connectivity index (χ4n) is 1.59. The molecule has 1 heterocycles. The van der Waals surface area contributed by atoms with E-state index in [1.54, 1.807) is 6.26 Å². The van der Waals surface area contributed by atoms with E-state index in [2.05, 4.69) is 0 Å². The molecule has 0 aliphatic heterocycles. The Hall–Kier alpha value is -1.57. The molecule has 0 unspecified atom stereocenters. The molecule has 2 heteroatoms. The molecule has 2 aromatic rings. The van der Waals surface area contributed by atoms with Crippen molar-refractivity contribution in [2.24, 2.45) is 0 Å². The molecule has 2 rings (SSSR count). The molecule has 0 saturated carbocycles. The van der Waals surface area contributed by atoms with E-state index >= 15 is 0 Å². The molecule has 0 aliphatic rings. The van der Waals surface area contributed by atoms with Gasteiger partial charge in [0.1, 0.15) is 11.9 Å². The molecule has 0 atom stereocenters. The van der Waals surface area contributed by atoms with Crippen LogP contribution in [0.2, 0.25) is 0 Å². The lowest BCUT2D eigenvalue weighted by molar-refractivity contribution is -0.107. The lowest BCUT2D eigenvalue weighted by atomic mass is 10.1. The molecule has 1 aromatic carbocycles. The first kappa shape index (κ1) is 8.05. The summed E-state index contributed by atoms with van der Waals surface area (Å²) in [6.07, 6.45) is 3.10. The zero-order chi connectivity index (χ0) is 9.26. The Morgan fingerprint density at radius 1 is 1.46 bits per heavy atom. The van der Waals surface area contributed by atoms with Gasteiger partial charge < -0.3 is 9.21 Å². The van der Waals surface area contributed by atoms with Crippen LogP contribution in [0.5, 0.6) is 0 Å². The number of rotatable bonds is 2. The second-order valence-electron chi connectivity index (χ2n) is 3.08. The number of aryl methyl sites for hydroxylation is 1. The number of fused-ring (bicyclic) bond motifs is 1. The Bertz CT molecular complexity index is 440. The van der Waals surface area contributed by atoms with Gasteiger partial charge in [0.25, 0.3) is 0 Å². The maximum atomic E-state index is 10.4. The Kier molecular flexibility index (Phi) is 1.89. The molecule has 0 fully saturated rings. The molecule has 0 bridgehead atoms. The Morgan fingerprint density at radius 3 is 3.08 bits per heavy atom. The van der Waals surface area contributed by atoms with Gasteiger partial charge in [0.05, 0.1) is 6.26 Å². The van der Waals surface area contributed by atoms with Crippen molar-refractivity contribution >= 4 is 17.3 Å². The number of benzene rings is 1. The van der Waals surface area contributed by atoms with Crippen LogP contribution in [0.4, 0.5) is 0 Å². The molecule has 0 N–H and O–H groups in total. The molecule has 2 nitrogen and oxygen atoms in total. The van der Waals surface area contributed by atoms with Gasteiger partial charge in [-0.15, -0.1) is 0 Å². The minimum absolute atomic E-state index is 0.456. The fourth-order valence-corrected chi connectivity index (χ4v) is 1.59. The lowest BCUT2D eigenvalue weighted by Crippen LogP contribution is -1.86. The summed E-state index contributed by atoms with van der Waals surface area (Å²) in [4.78, 5) is 10.4. The summed E-state index contributed by atoms with van der Waals surface area (Å²) in [5, 5.41) is 1.08. The van der Waals surface area contributed by atoms with E-state index in [1.165, 1.54) is 0 Å². The van der Waals surface area contributed by atoms with Crippen LogP contribution < -0.4 is 0 Å². The quantitative estimate of drug-likeness (QED) is 0.655. The number of hydrogen-bond acceptors (Lipinski definition) is 2. The van der Waals surface area contributed by atoms with Crippen molar-refractivity contribution in [3.8, 4) is 0 Å². The average Bonchev–Trinajstić information content (AvgIpc) is 2.50. The first-order valence-electron chi connectivity index (χ1n) is 4.22. The fraction of sp³-hybridized carbons (Fsp3) is 0.182. The van der Waals surface area contributed by atoms with Gasteiger partial charge in [0.2, 0.25) is 0 Å². The minimum atomic E-state index is 0.456. The number of carbonyl (C=O) groups is 1. The Morgan fingerprint density at radius 2 is 2.31 bits per heavy atom. The smallest absolute Gasteiger partial charge is 0.134 e. The number of carbonyl (C=O) groups excluding carboxylic acids is 1. The van der Waals surface area contributed by atoms with Crippen LogP contribution >= 0.6 is 0 Å². The third-order valence-corrected chi connectivity index (χ3v) is 2.17.